The van der Waals surface area contributed by atoms with E-state index in [4.69, 9.17) is 15.7 Å². The number of nitriles is 1. The summed E-state index contributed by atoms with van der Waals surface area (Å²) in [5, 5.41) is 8.73. The lowest BCUT2D eigenvalue weighted by Gasteiger charge is -2.04. The normalized spacial score (nSPS) is 11.2. The molecule has 0 spiro atoms. The Morgan fingerprint density at radius 3 is 2.42 bits per heavy atom. The first-order valence-corrected chi connectivity index (χ1v) is 6.36. The molecule has 0 atom stereocenters. The topological polar surface area (TPSA) is 93.2 Å². The van der Waals surface area contributed by atoms with Crippen molar-refractivity contribution in [2.24, 2.45) is 5.73 Å². The molecule has 19 heavy (non-hydrogen) atoms. The van der Waals surface area contributed by atoms with Crippen molar-refractivity contribution in [1.82, 2.24) is 0 Å². The van der Waals surface area contributed by atoms with Crippen molar-refractivity contribution < 1.29 is 14.3 Å². The zero-order valence-corrected chi connectivity index (χ0v) is 12.3. The maximum absolute atomic E-state index is 11.6. The van der Waals surface area contributed by atoms with Gasteiger partial charge in [-0.3, -0.25) is 4.79 Å². The summed E-state index contributed by atoms with van der Waals surface area (Å²) in [5.41, 5.74) is 5.65. The zero-order chi connectivity index (χ0) is 14.4. The SMILES string of the molecule is CC(N)=C(C#N)C(=O)COC(=O)c1ccc(I)cc1. The molecule has 0 saturated carbocycles. The van der Waals surface area contributed by atoms with Crippen LogP contribution in [0.3, 0.4) is 0 Å². The van der Waals surface area contributed by atoms with Crippen molar-refractivity contribution in [3.05, 3.63) is 44.7 Å². The fourth-order valence-corrected chi connectivity index (χ4v) is 1.60. The van der Waals surface area contributed by atoms with E-state index in [0.29, 0.717) is 5.56 Å². The molecule has 0 unspecified atom stereocenters. The van der Waals surface area contributed by atoms with Crippen LogP contribution >= 0.6 is 22.6 Å². The van der Waals surface area contributed by atoms with Gasteiger partial charge in [-0.15, -0.1) is 0 Å². The Morgan fingerprint density at radius 2 is 1.95 bits per heavy atom. The number of nitrogens with zero attached hydrogens (tertiary/aromatic N) is 1. The number of allylic oxidation sites excluding steroid dienone is 1. The molecule has 6 heteroatoms. The van der Waals surface area contributed by atoms with E-state index < -0.39 is 18.4 Å². The summed E-state index contributed by atoms with van der Waals surface area (Å²) in [6, 6.07) is 8.39. The molecule has 0 aliphatic carbocycles. The van der Waals surface area contributed by atoms with Crippen LogP contribution in [0.5, 0.6) is 0 Å². The Morgan fingerprint density at radius 1 is 1.37 bits per heavy atom. The van der Waals surface area contributed by atoms with Gasteiger partial charge in [0.25, 0.3) is 0 Å². The number of carbonyl (C=O) groups excluding carboxylic acids is 2. The first-order valence-electron chi connectivity index (χ1n) is 5.28. The molecule has 0 radical (unpaired) electrons. The van der Waals surface area contributed by atoms with Crippen LogP contribution in [0.1, 0.15) is 17.3 Å². The van der Waals surface area contributed by atoms with Gasteiger partial charge in [-0.2, -0.15) is 5.26 Å². The molecule has 0 heterocycles. The minimum Gasteiger partial charge on any atom is -0.454 e. The summed E-state index contributed by atoms with van der Waals surface area (Å²) >= 11 is 2.11. The average Bonchev–Trinajstić information content (AvgIpc) is 2.37. The number of hydrogen-bond donors (Lipinski definition) is 1. The van der Waals surface area contributed by atoms with E-state index in [1.54, 1.807) is 30.3 Å². The molecular weight excluding hydrogens is 359 g/mol. The average molecular weight is 370 g/mol. The predicted octanol–water partition coefficient (Wildman–Crippen LogP) is 1.77. The van der Waals surface area contributed by atoms with Crippen LogP contribution in [0.2, 0.25) is 0 Å². The first kappa shape index (κ1) is 15.2. The number of halogens is 1. The van der Waals surface area contributed by atoms with Crippen LogP contribution in [-0.2, 0) is 9.53 Å². The molecule has 0 aromatic heterocycles. The monoisotopic (exact) mass is 370 g/mol. The first-order chi connectivity index (χ1) is 8.95. The summed E-state index contributed by atoms with van der Waals surface area (Å²) in [7, 11) is 0. The Kier molecular flexibility index (Phi) is 5.51. The molecule has 0 bridgehead atoms. The number of hydrogen-bond acceptors (Lipinski definition) is 5. The molecule has 0 saturated heterocycles. The highest BCUT2D eigenvalue weighted by Crippen LogP contribution is 2.08. The molecule has 0 aliphatic heterocycles. The smallest absolute Gasteiger partial charge is 0.338 e. The molecule has 98 valence electrons. The van der Waals surface area contributed by atoms with Gasteiger partial charge in [-0.25, -0.2) is 4.79 Å². The number of ether oxygens (including phenoxy) is 1. The highest BCUT2D eigenvalue weighted by atomic mass is 127. The molecular formula is C13H11IN2O3. The van der Waals surface area contributed by atoms with Gasteiger partial charge in [0.15, 0.2) is 6.61 Å². The maximum Gasteiger partial charge on any atom is 0.338 e. The number of ketones is 1. The fourth-order valence-electron chi connectivity index (χ4n) is 1.24. The third-order valence-corrected chi connectivity index (χ3v) is 2.92. The zero-order valence-electron chi connectivity index (χ0n) is 10.1. The number of benzene rings is 1. The highest BCUT2D eigenvalue weighted by molar-refractivity contribution is 14.1. The largest absolute Gasteiger partial charge is 0.454 e. The fraction of sp³-hybridized carbons (Fsp3) is 0.154. The third-order valence-electron chi connectivity index (χ3n) is 2.20. The Bertz CT molecular complexity index is 567. The van der Waals surface area contributed by atoms with Gasteiger partial charge >= 0.3 is 5.97 Å². The van der Waals surface area contributed by atoms with Crippen molar-refractivity contribution >= 4 is 34.3 Å². The standard InChI is InChI=1S/C13H11IN2O3/c1-8(16)11(6-15)12(17)7-19-13(18)9-2-4-10(14)5-3-9/h2-5H,7,16H2,1H3. The lowest BCUT2D eigenvalue weighted by Crippen LogP contribution is -2.17. The second-order valence-electron chi connectivity index (χ2n) is 3.68. The Balaban J connectivity index is 2.66. The van der Waals surface area contributed by atoms with Gasteiger partial charge < -0.3 is 10.5 Å². The summed E-state index contributed by atoms with van der Waals surface area (Å²) in [4.78, 5) is 23.2. The number of esters is 1. The van der Waals surface area contributed by atoms with E-state index in [2.05, 4.69) is 22.6 Å². The van der Waals surface area contributed by atoms with E-state index in [0.717, 1.165) is 3.57 Å². The lowest BCUT2D eigenvalue weighted by atomic mass is 10.1. The minimum absolute atomic E-state index is 0.109. The van der Waals surface area contributed by atoms with E-state index in [1.165, 1.54) is 6.92 Å². The number of rotatable bonds is 4. The van der Waals surface area contributed by atoms with Crippen LogP contribution in [0.15, 0.2) is 35.5 Å². The molecule has 2 N–H and O–H groups in total. The van der Waals surface area contributed by atoms with Gasteiger partial charge in [0, 0.05) is 9.27 Å². The van der Waals surface area contributed by atoms with Crippen LogP contribution in [0.4, 0.5) is 0 Å². The van der Waals surface area contributed by atoms with Gasteiger partial charge in [-0.05, 0) is 53.8 Å². The third kappa shape index (κ3) is 4.37. The lowest BCUT2D eigenvalue weighted by molar-refractivity contribution is -0.118. The van der Waals surface area contributed by atoms with E-state index in [1.807, 2.05) is 0 Å². The number of Topliss-reactive ketones (excluding diaryl/α,β-unsaturated/α-hetero) is 1. The van der Waals surface area contributed by atoms with Crippen LogP contribution < -0.4 is 5.73 Å². The molecule has 1 rings (SSSR count). The molecule has 5 nitrogen and oxygen atoms in total. The van der Waals surface area contributed by atoms with Gasteiger partial charge in [0.05, 0.1) is 5.56 Å². The summed E-state index contributed by atoms with van der Waals surface area (Å²) < 4.78 is 5.82. The minimum atomic E-state index is -0.614. The van der Waals surface area contributed by atoms with E-state index in [9.17, 15) is 9.59 Å². The van der Waals surface area contributed by atoms with Crippen LogP contribution in [-0.4, -0.2) is 18.4 Å². The van der Waals surface area contributed by atoms with Gasteiger partial charge in [-0.1, -0.05) is 0 Å². The maximum atomic E-state index is 11.6. The summed E-state index contributed by atoms with van der Waals surface area (Å²) in [6.45, 7) is 0.944. The molecule has 1 aromatic carbocycles. The van der Waals surface area contributed by atoms with Crippen molar-refractivity contribution in [3.63, 3.8) is 0 Å². The van der Waals surface area contributed by atoms with E-state index >= 15 is 0 Å². The van der Waals surface area contributed by atoms with E-state index in [-0.39, 0.29) is 11.3 Å². The quantitative estimate of drug-likeness (QED) is 0.377. The summed E-state index contributed by atoms with van der Waals surface area (Å²) in [6.07, 6.45) is 0. The molecule has 1 aromatic rings. The highest BCUT2D eigenvalue weighted by Gasteiger charge is 2.15. The van der Waals surface area contributed by atoms with Crippen molar-refractivity contribution in [2.75, 3.05) is 6.61 Å². The molecule has 0 fully saturated rings. The Labute approximate surface area is 124 Å². The summed E-state index contributed by atoms with van der Waals surface area (Å²) in [5.74, 6) is -1.22. The van der Waals surface area contributed by atoms with Gasteiger partial charge in [0.2, 0.25) is 5.78 Å². The Hall–Kier alpha value is -1.88. The van der Waals surface area contributed by atoms with Crippen molar-refractivity contribution in [3.8, 4) is 6.07 Å². The van der Waals surface area contributed by atoms with Crippen molar-refractivity contribution in [1.29, 1.82) is 5.26 Å². The van der Waals surface area contributed by atoms with Crippen LogP contribution in [0.25, 0.3) is 0 Å². The van der Waals surface area contributed by atoms with Crippen LogP contribution in [0, 0.1) is 14.9 Å². The van der Waals surface area contributed by atoms with Gasteiger partial charge in [0.1, 0.15) is 11.6 Å². The second-order valence-corrected chi connectivity index (χ2v) is 4.92. The second kappa shape index (κ2) is 6.89. The molecule has 0 aliphatic rings. The number of carbonyl (C=O) groups is 2. The number of nitrogens with two attached hydrogens (primary N) is 1. The van der Waals surface area contributed by atoms with Crippen molar-refractivity contribution in [2.45, 2.75) is 6.92 Å². The molecule has 0 amide bonds. The predicted molar refractivity (Wildman–Crippen MR) is 76.9 cm³/mol.